The maximum atomic E-state index is 13.0. The van der Waals surface area contributed by atoms with E-state index in [2.05, 4.69) is 62.2 Å². The zero-order chi connectivity index (χ0) is 19.2. The third kappa shape index (κ3) is 3.48. The lowest BCUT2D eigenvalue weighted by Gasteiger charge is -2.45. The van der Waals surface area contributed by atoms with E-state index in [-0.39, 0.29) is 23.7 Å². The van der Waals surface area contributed by atoms with E-state index in [0.29, 0.717) is 6.54 Å². The van der Waals surface area contributed by atoms with Gasteiger partial charge in [-0.15, -0.1) is 0 Å². The molecule has 0 aromatic heterocycles. The van der Waals surface area contributed by atoms with Gasteiger partial charge in [0.1, 0.15) is 0 Å². The molecule has 0 spiro atoms. The first-order valence-corrected chi connectivity index (χ1v) is 10.1. The Hall–Kier alpha value is -1.91. The second-order valence-electron chi connectivity index (χ2n) is 8.77. The van der Waals surface area contributed by atoms with Crippen molar-refractivity contribution in [2.45, 2.75) is 58.3 Å². The Labute approximate surface area is 161 Å². The summed E-state index contributed by atoms with van der Waals surface area (Å²) >= 11 is 0. The molecule has 4 heteroatoms. The second kappa shape index (κ2) is 6.92. The Kier molecular flexibility index (Phi) is 4.73. The summed E-state index contributed by atoms with van der Waals surface area (Å²) in [5, 5.41) is 5.58. The van der Waals surface area contributed by atoms with Gasteiger partial charge in [0.15, 0.2) is 0 Å². The summed E-state index contributed by atoms with van der Waals surface area (Å²) in [6.07, 6.45) is 2.61. The van der Waals surface area contributed by atoms with Crippen LogP contribution in [0.2, 0.25) is 0 Å². The summed E-state index contributed by atoms with van der Waals surface area (Å²) in [5.74, 6) is 0.0213. The van der Waals surface area contributed by atoms with Crippen LogP contribution in [0.4, 0.5) is 0 Å². The maximum Gasteiger partial charge on any atom is 0.251 e. The maximum absolute atomic E-state index is 13.0. The summed E-state index contributed by atoms with van der Waals surface area (Å²) < 4.78 is 5.85. The van der Waals surface area contributed by atoms with E-state index in [1.54, 1.807) is 0 Å². The molecule has 2 aromatic carbocycles. The molecule has 1 N–H and O–H groups in total. The number of nitrogens with one attached hydrogen (secondary N) is 1. The zero-order valence-corrected chi connectivity index (χ0v) is 16.8. The standard InChI is InChI=1S/C23H30N2O2/c1-15-12-25(13-16(2)27-15)23(3,4)14-24-22(26)20-11-10-18-9-8-17-6-5-7-19(20)21(17)18/h5-7,10-11,15-16H,8-9,12-14H2,1-4H3,(H,24,26)/t15-,16-/m1/s1. The van der Waals surface area contributed by atoms with Gasteiger partial charge in [0.2, 0.25) is 0 Å². The molecular weight excluding hydrogens is 336 g/mol. The van der Waals surface area contributed by atoms with Gasteiger partial charge < -0.3 is 10.1 Å². The van der Waals surface area contributed by atoms with Gasteiger partial charge in [-0.3, -0.25) is 9.69 Å². The van der Waals surface area contributed by atoms with Crippen LogP contribution >= 0.6 is 0 Å². The van der Waals surface area contributed by atoms with Crippen molar-refractivity contribution in [3.05, 3.63) is 47.0 Å². The van der Waals surface area contributed by atoms with Gasteiger partial charge in [0.05, 0.1) is 12.2 Å². The predicted molar refractivity (Wildman–Crippen MR) is 109 cm³/mol. The molecule has 1 amide bonds. The van der Waals surface area contributed by atoms with Gasteiger partial charge in [-0.05, 0) is 68.5 Å². The molecule has 0 unspecified atom stereocenters. The number of carbonyl (C=O) groups excluding carboxylic acids is 1. The summed E-state index contributed by atoms with van der Waals surface area (Å²) in [6, 6.07) is 10.5. The number of carbonyl (C=O) groups is 1. The molecule has 1 aliphatic heterocycles. The largest absolute Gasteiger partial charge is 0.373 e. The van der Waals surface area contributed by atoms with Crippen molar-refractivity contribution in [2.24, 2.45) is 0 Å². The predicted octanol–water partition coefficient (Wildman–Crippen LogP) is 3.56. The molecule has 2 atom stereocenters. The molecule has 1 fully saturated rings. The van der Waals surface area contributed by atoms with Gasteiger partial charge in [0.25, 0.3) is 5.91 Å². The molecule has 0 saturated carbocycles. The van der Waals surface area contributed by atoms with Crippen LogP contribution in [0.5, 0.6) is 0 Å². The fraction of sp³-hybridized carbons (Fsp3) is 0.522. The van der Waals surface area contributed by atoms with Gasteiger partial charge in [0, 0.05) is 30.7 Å². The normalized spacial score (nSPS) is 23.0. The van der Waals surface area contributed by atoms with Crippen LogP contribution in [-0.2, 0) is 17.6 Å². The van der Waals surface area contributed by atoms with Crippen LogP contribution < -0.4 is 5.32 Å². The van der Waals surface area contributed by atoms with E-state index >= 15 is 0 Å². The summed E-state index contributed by atoms with van der Waals surface area (Å²) in [5.41, 5.74) is 3.41. The van der Waals surface area contributed by atoms with Crippen molar-refractivity contribution < 1.29 is 9.53 Å². The van der Waals surface area contributed by atoms with Crippen molar-refractivity contribution in [1.29, 1.82) is 0 Å². The molecule has 0 radical (unpaired) electrons. The Balaban J connectivity index is 1.51. The highest BCUT2D eigenvalue weighted by Crippen LogP contribution is 2.32. The van der Waals surface area contributed by atoms with Crippen molar-refractivity contribution in [1.82, 2.24) is 10.2 Å². The number of benzene rings is 2. The number of ether oxygens (including phenoxy) is 1. The van der Waals surface area contributed by atoms with Crippen LogP contribution in [0.15, 0.2) is 30.3 Å². The number of aryl methyl sites for hydroxylation is 2. The fourth-order valence-electron chi connectivity index (χ4n) is 4.62. The molecule has 1 heterocycles. The van der Waals surface area contributed by atoms with Gasteiger partial charge in [-0.1, -0.05) is 24.3 Å². The van der Waals surface area contributed by atoms with Crippen molar-refractivity contribution >= 4 is 16.7 Å². The summed E-state index contributed by atoms with van der Waals surface area (Å²) in [7, 11) is 0. The first kappa shape index (κ1) is 18.5. The molecule has 0 bridgehead atoms. The Morgan fingerprint density at radius 2 is 1.78 bits per heavy atom. The van der Waals surface area contributed by atoms with Gasteiger partial charge >= 0.3 is 0 Å². The van der Waals surface area contributed by atoms with Crippen molar-refractivity contribution in [3.8, 4) is 0 Å². The van der Waals surface area contributed by atoms with Crippen LogP contribution in [0.25, 0.3) is 10.8 Å². The van der Waals surface area contributed by atoms with Gasteiger partial charge in [-0.25, -0.2) is 0 Å². The first-order chi connectivity index (χ1) is 12.8. The Morgan fingerprint density at radius 3 is 2.48 bits per heavy atom. The number of hydrogen-bond donors (Lipinski definition) is 1. The van der Waals surface area contributed by atoms with E-state index < -0.39 is 0 Å². The quantitative estimate of drug-likeness (QED) is 0.900. The molecule has 4 nitrogen and oxygen atoms in total. The smallest absolute Gasteiger partial charge is 0.251 e. The zero-order valence-electron chi connectivity index (χ0n) is 16.8. The second-order valence-corrected chi connectivity index (χ2v) is 8.77. The minimum absolute atomic E-state index is 0.0213. The lowest BCUT2D eigenvalue weighted by atomic mass is 9.98. The average Bonchev–Trinajstić information content (AvgIpc) is 3.04. The topological polar surface area (TPSA) is 41.6 Å². The molecule has 2 aromatic rings. The average molecular weight is 367 g/mol. The van der Waals surface area contributed by atoms with Crippen molar-refractivity contribution in [2.75, 3.05) is 19.6 Å². The van der Waals surface area contributed by atoms with E-state index in [4.69, 9.17) is 4.74 Å². The lowest BCUT2D eigenvalue weighted by molar-refractivity contribution is -0.0948. The van der Waals surface area contributed by atoms with Crippen LogP contribution in [0, 0.1) is 0 Å². The van der Waals surface area contributed by atoms with E-state index in [1.807, 2.05) is 6.07 Å². The summed E-state index contributed by atoms with van der Waals surface area (Å²) in [4.78, 5) is 15.4. The Morgan fingerprint density at radius 1 is 1.11 bits per heavy atom. The Bertz CT molecular complexity index is 854. The van der Waals surface area contributed by atoms with Crippen LogP contribution in [0.1, 0.15) is 49.2 Å². The molecule has 4 rings (SSSR count). The monoisotopic (exact) mass is 366 g/mol. The molecular formula is C23H30N2O2. The highest BCUT2D eigenvalue weighted by atomic mass is 16.5. The third-order valence-electron chi connectivity index (χ3n) is 6.08. The lowest BCUT2D eigenvalue weighted by Crippen LogP contribution is -2.58. The minimum Gasteiger partial charge on any atom is -0.373 e. The number of nitrogens with zero attached hydrogens (tertiary/aromatic N) is 1. The van der Waals surface area contributed by atoms with Crippen LogP contribution in [0.3, 0.4) is 0 Å². The van der Waals surface area contributed by atoms with Gasteiger partial charge in [-0.2, -0.15) is 0 Å². The summed E-state index contributed by atoms with van der Waals surface area (Å²) in [6.45, 7) is 11.0. The number of amides is 1. The van der Waals surface area contributed by atoms with E-state index in [1.165, 1.54) is 16.5 Å². The highest BCUT2D eigenvalue weighted by molar-refractivity contribution is 6.09. The highest BCUT2D eigenvalue weighted by Gasteiger charge is 2.33. The molecule has 1 saturated heterocycles. The molecule has 144 valence electrons. The van der Waals surface area contributed by atoms with Crippen molar-refractivity contribution in [3.63, 3.8) is 0 Å². The number of morpholine rings is 1. The van der Waals surface area contributed by atoms with E-state index in [0.717, 1.165) is 36.9 Å². The molecule has 27 heavy (non-hydrogen) atoms. The molecule has 2 aliphatic rings. The van der Waals surface area contributed by atoms with E-state index in [9.17, 15) is 4.79 Å². The number of hydrogen-bond acceptors (Lipinski definition) is 3. The number of rotatable bonds is 4. The first-order valence-electron chi connectivity index (χ1n) is 10.1. The minimum atomic E-state index is -0.114. The third-order valence-corrected chi connectivity index (χ3v) is 6.08. The van der Waals surface area contributed by atoms with Crippen LogP contribution in [-0.4, -0.2) is 48.2 Å². The SMILES string of the molecule is C[C@@H]1CN(C(C)(C)CNC(=O)c2ccc3c4c(cccc24)CC3)C[C@@H](C)O1. The molecule has 1 aliphatic carbocycles. The fourth-order valence-corrected chi connectivity index (χ4v) is 4.62.